The van der Waals surface area contributed by atoms with E-state index in [1.165, 1.54) is 22.9 Å². The first-order valence-corrected chi connectivity index (χ1v) is 11.4. The molecule has 0 amide bonds. The van der Waals surface area contributed by atoms with Crippen LogP contribution >= 0.6 is 0 Å². The van der Waals surface area contributed by atoms with Crippen LogP contribution in [0.3, 0.4) is 0 Å². The molecule has 1 atom stereocenters. The number of anilines is 1. The van der Waals surface area contributed by atoms with Gasteiger partial charge in [-0.05, 0) is 50.6 Å². The molecule has 36 heavy (non-hydrogen) atoms. The van der Waals surface area contributed by atoms with Crippen molar-refractivity contribution in [1.29, 1.82) is 0 Å². The van der Waals surface area contributed by atoms with Crippen LogP contribution in [-0.2, 0) is 9.53 Å². The minimum Gasteiger partial charge on any atom is -0.466 e. The number of aromatic amines is 1. The number of benzene rings is 2. The third kappa shape index (κ3) is 5.17. The maximum Gasteiger partial charge on any atom is 0.307 e. The SMILES string of the molecule is CCOC(=O)CC(C)Nc1[nH]nc(-c2ccc(F)cc2F)c1-c1ccc(=O)n(-c2ccccc2C)n1. The summed E-state index contributed by atoms with van der Waals surface area (Å²) in [7, 11) is 0. The molecule has 0 fully saturated rings. The van der Waals surface area contributed by atoms with E-state index in [4.69, 9.17) is 4.74 Å². The van der Waals surface area contributed by atoms with Crippen molar-refractivity contribution in [1.82, 2.24) is 20.0 Å². The summed E-state index contributed by atoms with van der Waals surface area (Å²) in [4.78, 5) is 24.6. The van der Waals surface area contributed by atoms with Crippen molar-refractivity contribution >= 4 is 11.8 Å². The van der Waals surface area contributed by atoms with Crippen LogP contribution in [-0.4, -0.2) is 38.6 Å². The Hall–Kier alpha value is -4.34. The molecule has 0 aliphatic carbocycles. The van der Waals surface area contributed by atoms with Gasteiger partial charge in [-0.15, -0.1) is 0 Å². The quantitative estimate of drug-likeness (QED) is 0.347. The molecule has 2 heterocycles. The maximum atomic E-state index is 14.8. The molecular formula is C26H25F2N5O3. The second kappa shape index (κ2) is 10.5. The summed E-state index contributed by atoms with van der Waals surface area (Å²) in [6.45, 7) is 5.62. The van der Waals surface area contributed by atoms with Crippen LogP contribution in [0.2, 0.25) is 0 Å². The first kappa shape index (κ1) is 24.8. The molecule has 0 saturated carbocycles. The van der Waals surface area contributed by atoms with E-state index in [0.717, 1.165) is 17.7 Å². The minimum atomic E-state index is -0.805. The fourth-order valence-corrected chi connectivity index (χ4v) is 3.86. The Bertz CT molecular complexity index is 1460. The lowest BCUT2D eigenvalue weighted by atomic mass is 10.0. The summed E-state index contributed by atoms with van der Waals surface area (Å²) in [5.74, 6) is -1.55. The zero-order valence-electron chi connectivity index (χ0n) is 20.0. The number of esters is 1. The minimum absolute atomic E-state index is 0.0455. The molecule has 0 bridgehead atoms. The van der Waals surface area contributed by atoms with E-state index in [-0.39, 0.29) is 41.9 Å². The number of carbonyl (C=O) groups is 1. The first-order valence-electron chi connectivity index (χ1n) is 11.4. The molecule has 10 heteroatoms. The molecule has 2 aromatic heterocycles. The molecule has 1 unspecified atom stereocenters. The Morgan fingerprint density at radius 2 is 1.94 bits per heavy atom. The highest BCUT2D eigenvalue weighted by Gasteiger charge is 2.23. The van der Waals surface area contributed by atoms with Crippen molar-refractivity contribution in [3.05, 3.63) is 82.1 Å². The zero-order chi connectivity index (χ0) is 25.8. The van der Waals surface area contributed by atoms with Crippen LogP contribution in [0, 0.1) is 18.6 Å². The van der Waals surface area contributed by atoms with Gasteiger partial charge in [0, 0.05) is 23.7 Å². The predicted octanol–water partition coefficient (Wildman–Crippen LogP) is 4.63. The third-order valence-electron chi connectivity index (χ3n) is 5.52. The number of rotatable bonds is 8. The average molecular weight is 494 g/mol. The van der Waals surface area contributed by atoms with Crippen molar-refractivity contribution in [2.24, 2.45) is 0 Å². The maximum absolute atomic E-state index is 14.8. The van der Waals surface area contributed by atoms with Crippen molar-refractivity contribution in [3.63, 3.8) is 0 Å². The summed E-state index contributed by atoms with van der Waals surface area (Å²) >= 11 is 0. The molecule has 0 spiro atoms. The van der Waals surface area contributed by atoms with Gasteiger partial charge in [-0.3, -0.25) is 14.7 Å². The number of hydrogen-bond acceptors (Lipinski definition) is 6. The standard InChI is InChI=1S/C26H25F2N5O3/c1-4-36-23(35)13-16(3)29-26-24(25(30-31-26)18-10-9-17(27)14-19(18)28)20-11-12-22(34)33(32-20)21-8-6-5-7-15(21)2/h5-12,14,16H,4,13H2,1-3H3,(H2,29,30,31). The highest BCUT2D eigenvalue weighted by molar-refractivity contribution is 5.87. The summed E-state index contributed by atoms with van der Waals surface area (Å²) in [6.07, 6.45) is 0.0721. The van der Waals surface area contributed by atoms with Gasteiger partial charge in [-0.2, -0.15) is 14.9 Å². The molecule has 0 radical (unpaired) electrons. The van der Waals surface area contributed by atoms with Gasteiger partial charge in [0.05, 0.1) is 30.0 Å². The Balaban J connectivity index is 1.85. The van der Waals surface area contributed by atoms with Crippen LogP contribution in [0.4, 0.5) is 14.6 Å². The second-order valence-electron chi connectivity index (χ2n) is 8.26. The van der Waals surface area contributed by atoms with E-state index in [0.29, 0.717) is 22.8 Å². The normalized spacial score (nSPS) is 11.8. The first-order chi connectivity index (χ1) is 17.3. The molecule has 4 aromatic rings. The van der Waals surface area contributed by atoms with Crippen LogP contribution in [0.15, 0.2) is 59.4 Å². The molecular weight excluding hydrogens is 468 g/mol. The van der Waals surface area contributed by atoms with E-state index in [9.17, 15) is 18.4 Å². The van der Waals surface area contributed by atoms with Crippen molar-refractivity contribution in [2.75, 3.05) is 11.9 Å². The fraction of sp³-hybridized carbons (Fsp3) is 0.231. The Morgan fingerprint density at radius 1 is 1.17 bits per heavy atom. The van der Waals surface area contributed by atoms with E-state index < -0.39 is 11.6 Å². The zero-order valence-corrected chi connectivity index (χ0v) is 20.0. The largest absolute Gasteiger partial charge is 0.466 e. The molecule has 0 saturated heterocycles. The Kier molecular flexibility index (Phi) is 7.23. The molecule has 2 aromatic carbocycles. The Morgan fingerprint density at radius 3 is 2.67 bits per heavy atom. The number of carbonyl (C=O) groups excluding carboxylic acids is 1. The monoisotopic (exact) mass is 493 g/mol. The molecule has 8 nitrogen and oxygen atoms in total. The highest BCUT2D eigenvalue weighted by Crippen LogP contribution is 2.36. The van der Waals surface area contributed by atoms with Gasteiger partial charge in [-0.1, -0.05) is 18.2 Å². The molecule has 2 N–H and O–H groups in total. The number of H-pyrrole nitrogens is 1. The van der Waals surface area contributed by atoms with Crippen LogP contribution < -0.4 is 10.9 Å². The summed E-state index contributed by atoms with van der Waals surface area (Å²) in [5.41, 5.74) is 1.96. The summed E-state index contributed by atoms with van der Waals surface area (Å²) < 4.78 is 34.6. The number of hydrogen-bond donors (Lipinski definition) is 2. The van der Waals surface area contributed by atoms with Gasteiger partial charge < -0.3 is 10.1 Å². The van der Waals surface area contributed by atoms with Crippen molar-refractivity contribution < 1.29 is 18.3 Å². The Labute approximate surface area is 205 Å². The topological polar surface area (TPSA) is 102 Å². The lowest BCUT2D eigenvalue weighted by Crippen LogP contribution is -2.22. The van der Waals surface area contributed by atoms with Gasteiger partial charge in [0.1, 0.15) is 23.1 Å². The average Bonchev–Trinajstić information content (AvgIpc) is 3.23. The van der Waals surface area contributed by atoms with E-state index in [1.54, 1.807) is 26.0 Å². The van der Waals surface area contributed by atoms with Gasteiger partial charge in [0.2, 0.25) is 0 Å². The lowest BCUT2D eigenvalue weighted by Gasteiger charge is -2.15. The number of aryl methyl sites for hydroxylation is 1. The van der Waals surface area contributed by atoms with Crippen LogP contribution in [0.5, 0.6) is 0 Å². The number of ether oxygens (including phenoxy) is 1. The number of halogens is 2. The summed E-state index contributed by atoms with van der Waals surface area (Å²) in [5, 5.41) is 14.8. The van der Waals surface area contributed by atoms with Crippen LogP contribution in [0.25, 0.3) is 28.2 Å². The molecule has 186 valence electrons. The molecule has 0 aliphatic heterocycles. The lowest BCUT2D eigenvalue weighted by molar-refractivity contribution is -0.143. The number of nitrogens with zero attached hydrogens (tertiary/aromatic N) is 3. The van der Waals surface area contributed by atoms with Gasteiger partial charge in [0.25, 0.3) is 5.56 Å². The number of nitrogens with one attached hydrogen (secondary N) is 2. The molecule has 0 aliphatic rings. The van der Waals surface area contributed by atoms with Crippen molar-refractivity contribution in [3.8, 4) is 28.2 Å². The smallest absolute Gasteiger partial charge is 0.307 e. The second-order valence-corrected chi connectivity index (χ2v) is 8.26. The van der Waals surface area contributed by atoms with Crippen LogP contribution in [0.1, 0.15) is 25.8 Å². The van der Waals surface area contributed by atoms with Crippen molar-refractivity contribution in [2.45, 2.75) is 33.2 Å². The van der Waals surface area contributed by atoms with E-state index in [2.05, 4.69) is 20.6 Å². The van der Waals surface area contributed by atoms with Gasteiger partial charge in [-0.25, -0.2) is 8.78 Å². The van der Waals surface area contributed by atoms with E-state index >= 15 is 0 Å². The van der Waals surface area contributed by atoms with E-state index in [1.807, 2.05) is 19.1 Å². The molecule has 4 rings (SSSR count). The fourth-order valence-electron chi connectivity index (χ4n) is 3.86. The number of aromatic nitrogens is 4. The third-order valence-corrected chi connectivity index (χ3v) is 5.52. The highest BCUT2D eigenvalue weighted by atomic mass is 19.1. The van der Waals surface area contributed by atoms with Gasteiger partial charge in [0.15, 0.2) is 0 Å². The predicted molar refractivity (Wildman–Crippen MR) is 132 cm³/mol. The number of para-hydroxylation sites is 1. The summed E-state index contributed by atoms with van der Waals surface area (Å²) in [6, 6.07) is 13.0. The van der Waals surface area contributed by atoms with Gasteiger partial charge >= 0.3 is 5.97 Å².